The molecule has 17 heavy (non-hydrogen) atoms. The summed E-state index contributed by atoms with van der Waals surface area (Å²) in [5.41, 5.74) is 7.41. The van der Waals surface area contributed by atoms with Crippen LogP contribution in [0.2, 0.25) is 0 Å². The van der Waals surface area contributed by atoms with Crippen LogP contribution in [0.25, 0.3) is 0 Å². The number of para-hydroxylation sites is 1. The Labute approximate surface area is 101 Å². The average molecular weight is 235 g/mol. The Balaban J connectivity index is 1.85. The van der Waals surface area contributed by atoms with E-state index >= 15 is 0 Å². The predicted octanol–water partition coefficient (Wildman–Crippen LogP) is 1.84. The topological polar surface area (TPSA) is 53.7 Å². The molecular weight excluding hydrogens is 218 g/mol. The number of nitrogens with two attached hydrogens (primary N) is 1. The van der Waals surface area contributed by atoms with E-state index in [9.17, 15) is 0 Å². The SMILES string of the molecule is N[C@H](c1cccc2c1OCO2)C1CCOCC1. The number of rotatable bonds is 2. The molecule has 2 heterocycles. The highest BCUT2D eigenvalue weighted by Gasteiger charge is 2.27. The molecule has 3 rings (SSSR count). The Morgan fingerprint density at radius 2 is 2.00 bits per heavy atom. The lowest BCUT2D eigenvalue weighted by atomic mass is 9.87. The maximum absolute atomic E-state index is 6.35. The highest BCUT2D eigenvalue weighted by atomic mass is 16.7. The van der Waals surface area contributed by atoms with Crippen molar-refractivity contribution in [3.05, 3.63) is 23.8 Å². The molecule has 0 aliphatic carbocycles. The predicted molar refractivity (Wildman–Crippen MR) is 63.0 cm³/mol. The smallest absolute Gasteiger partial charge is 0.231 e. The van der Waals surface area contributed by atoms with Crippen molar-refractivity contribution in [1.29, 1.82) is 0 Å². The summed E-state index contributed by atoms with van der Waals surface area (Å²) in [7, 11) is 0. The molecule has 0 aromatic heterocycles. The Hall–Kier alpha value is -1.26. The van der Waals surface area contributed by atoms with E-state index in [0.717, 1.165) is 43.1 Å². The molecule has 0 bridgehead atoms. The van der Waals surface area contributed by atoms with Gasteiger partial charge in [0.1, 0.15) is 0 Å². The Bertz CT molecular complexity index is 402. The quantitative estimate of drug-likeness (QED) is 0.849. The molecule has 0 radical (unpaired) electrons. The van der Waals surface area contributed by atoms with Gasteiger partial charge in [0.25, 0.3) is 0 Å². The normalized spacial score (nSPS) is 21.5. The van der Waals surface area contributed by atoms with E-state index in [4.69, 9.17) is 19.9 Å². The van der Waals surface area contributed by atoms with Crippen LogP contribution in [0.1, 0.15) is 24.4 Å². The lowest BCUT2D eigenvalue weighted by Gasteiger charge is -2.28. The molecule has 2 aliphatic rings. The van der Waals surface area contributed by atoms with Crippen LogP contribution >= 0.6 is 0 Å². The number of benzene rings is 1. The number of ether oxygens (including phenoxy) is 3. The van der Waals surface area contributed by atoms with Crippen molar-refractivity contribution in [3.8, 4) is 11.5 Å². The minimum Gasteiger partial charge on any atom is -0.454 e. The van der Waals surface area contributed by atoms with Crippen LogP contribution in [0.15, 0.2) is 18.2 Å². The standard InChI is InChI=1S/C13H17NO3/c14-12(9-4-6-15-7-5-9)10-2-1-3-11-13(10)17-8-16-11/h1-3,9,12H,4-8,14H2/t12-/m0/s1. The molecule has 92 valence electrons. The number of hydrogen-bond donors (Lipinski definition) is 1. The van der Waals surface area contributed by atoms with Gasteiger partial charge in [-0.1, -0.05) is 12.1 Å². The van der Waals surface area contributed by atoms with Gasteiger partial charge in [-0.15, -0.1) is 0 Å². The second-order valence-corrected chi connectivity index (χ2v) is 4.56. The van der Waals surface area contributed by atoms with Crippen molar-refractivity contribution in [2.24, 2.45) is 11.7 Å². The number of fused-ring (bicyclic) bond motifs is 1. The van der Waals surface area contributed by atoms with Gasteiger partial charge in [-0.3, -0.25) is 0 Å². The summed E-state index contributed by atoms with van der Waals surface area (Å²) in [4.78, 5) is 0. The van der Waals surface area contributed by atoms with Gasteiger partial charge < -0.3 is 19.9 Å². The van der Waals surface area contributed by atoms with Crippen molar-refractivity contribution in [2.75, 3.05) is 20.0 Å². The zero-order chi connectivity index (χ0) is 11.7. The van der Waals surface area contributed by atoms with Crippen molar-refractivity contribution < 1.29 is 14.2 Å². The third-order valence-electron chi connectivity index (χ3n) is 3.56. The summed E-state index contributed by atoms with van der Waals surface area (Å²) < 4.78 is 16.2. The molecule has 1 atom stereocenters. The highest BCUT2D eigenvalue weighted by molar-refractivity contribution is 5.49. The second-order valence-electron chi connectivity index (χ2n) is 4.56. The van der Waals surface area contributed by atoms with Crippen LogP contribution in [-0.2, 0) is 4.74 Å². The highest BCUT2D eigenvalue weighted by Crippen LogP contribution is 2.41. The summed E-state index contributed by atoms with van der Waals surface area (Å²) in [5, 5.41) is 0. The van der Waals surface area contributed by atoms with E-state index in [1.165, 1.54) is 0 Å². The number of hydrogen-bond acceptors (Lipinski definition) is 4. The van der Waals surface area contributed by atoms with Gasteiger partial charge in [0.2, 0.25) is 6.79 Å². The van der Waals surface area contributed by atoms with Crippen LogP contribution < -0.4 is 15.2 Å². The first-order chi connectivity index (χ1) is 8.36. The van der Waals surface area contributed by atoms with Crippen molar-refractivity contribution in [2.45, 2.75) is 18.9 Å². The fraction of sp³-hybridized carbons (Fsp3) is 0.538. The van der Waals surface area contributed by atoms with Gasteiger partial charge in [-0.2, -0.15) is 0 Å². The van der Waals surface area contributed by atoms with Crippen LogP contribution in [-0.4, -0.2) is 20.0 Å². The molecule has 1 aromatic rings. The lowest BCUT2D eigenvalue weighted by Crippen LogP contribution is -2.27. The van der Waals surface area contributed by atoms with Crippen LogP contribution in [0.5, 0.6) is 11.5 Å². The van der Waals surface area contributed by atoms with Gasteiger partial charge >= 0.3 is 0 Å². The maximum atomic E-state index is 6.35. The molecule has 4 nitrogen and oxygen atoms in total. The van der Waals surface area contributed by atoms with Gasteiger partial charge in [0, 0.05) is 24.8 Å². The summed E-state index contributed by atoms with van der Waals surface area (Å²) in [6, 6.07) is 5.94. The third kappa shape index (κ3) is 1.98. The molecule has 0 amide bonds. The summed E-state index contributed by atoms with van der Waals surface area (Å²) in [5.74, 6) is 2.11. The Morgan fingerprint density at radius 3 is 2.82 bits per heavy atom. The molecular formula is C13H17NO3. The molecule has 0 unspecified atom stereocenters. The van der Waals surface area contributed by atoms with Gasteiger partial charge in [0.05, 0.1) is 0 Å². The fourth-order valence-electron chi connectivity index (χ4n) is 2.54. The van der Waals surface area contributed by atoms with E-state index in [2.05, 4.69) is 0 Å². The first-order valence-corrected chi connectivity index (χ1v) is 6.08. The minimum atomic E-state index is 0.00977. The molecule has 1 aromatic carbocycles. The van der Waals surface area contributed by atoms with E-state index < -0.39 is 0 Å². The van der Waals surface area contributed by atoms with Gasteiger partial charge in [0.15, 0.2) is 11.5 Å². The van der Waals surface area contributed by atoms with Crippen LogP contribution in [0.3, 0.4) is 0 Å². The van der Waals surface area contributed by atoms with Crippen LogP contribution in [0, 0.1) is 5.92 Å². The minimum absolute atomic E-state index is 0.00977. The van der Waals surface area contributed by atoms with Crippen molar-refractivity contribution in [1.82, 2.24) is 0 Å². The lowest BCUT2D eigenvalue weighted by molar-refractivity contribution is 0.0580. The monoisotopic (exact) mass is 235 g/mol. The molecule has 2 N–H and O–H groups in total. The molecule has 1 fully saturated rings. The molecule has 0 saturated carbocycles. The Kier molecular flexibility index (Phi) is 2.91. The molecule has 1 saturated heterocycles. The Morgan fingerprint density at radius 1 is 1.18 bits per heavy atom. The molecule has 0 spiro atoms. The molecule has 2 aliphatic heterocycles. The van der Waals surface area contributed by atoms with Crippen LogP contribution in [0.4, 0.5) is 0 Å². The summed E-state index contributed by atoms with van der Waals surface area (Å²) >= 11 is 0. The summed E-state index contributed by atoms with van der Waals surface area (Å²) in [6.45, 7) is 1.92. The first-order valence-electron chi connectivity index (χ1n) is 6.08. The van der Waals surface area contributed by atoms with Gasteiger partial charge in [-0.25, -0.2) is 0 Å². The largest absolute Gasteiger partial charge is 0.454 e. The van der Waals surface area contributed by atoms with E-state index in [-0.39, 0.29) is 6.04 Å². The zero-order valence-electron chi connectivity index (χ0n) is 9.72. The van der Waals surface area contributed by atoms with Crippen molar-refractivity contribution >= 4 is 0 Å². The van der Waals surface area contributed by atoms with E-state index in [1.54, 1.807) is 0 Å². The van der Waals surface area contributed by atoms with E-state index in [1.807, 2.05) is 18.2 Å². The maximum Gasteiger partial charge on any atom is 0.231 e. The second kappa shape index (κ2) is 4.55. The van der Waals surface area contributed by atoms with Gasteiger partial charge in [-0.05, 0) is 24.8 Å². The fourth-order valence-corrected chi connectivity index (χ4v) is 2.54. The average Bonchev–Trinajstić information content (AvgIpc) is 2.87. The zero-order valence-corrected chi connectivity index (χ0v) is 9.72. The third-order valence-corrected chi connectivity index (χ3v) is 3.56. The molecule has 4 heteroatoms. The van der Waals surface area contributed by atoms with E-state index in [0.29, 0.717) is 12.7 Å². The summed E-state index contributed by atoms with van der Waals surface area (Å²) in [6.07, 6.45) is 2.04. The first kappa shape index (κ1) is 10.9. The van der Waals surface area contributed by atoms with Crippen molar-refractivity contribution in [3.63, 3.8) is 0 Å².